The van der Waals surface area contributed by atoms with E-state index in [0.717, 1.165) is 11.1 Å². The van der Waals surface area contributed by atoms with Gasteiger partial charge in [-0.25, -0.2) is 8.42 Å². The van der Waals surface area contributed by atoms with Gasteiger partial charge in [-0.05, 0) is 76.9 Å². The Hall–Kier alpha value is -3.51. The predicted octanol–water partition coefficient (Wildman–Crippen LogP) is 5.50. The number of esters is 1. The highest BCUT2D eigenvalue weighted by Crippen LogP contribution is 2.43. The fourth-order valence-corrected chi connectivity index (χ4v) is 6.15. The third-order valence-corrected chi connectivity index (χ3v) is 7.42. The van der Waals surface area contributed by atoms with Gasteiger partial charge in [-0.2, -0.15) is 5.26 Å². The third-order valence-electron chi connectivity index (χ3n) is 6.25. The van der Waals surface area contributed by atoms with Crippen LogP contribution in [0, 0.1) is 11.3 Å². The number of sulfone groups is 1. The van der Waals surface area contributed by atoms with Crippen molar-refractivity contribution >= 4 is 26.7 Å². The molecule has 3 aromatic rings. The van der Waals surface area contributed by atoms with Crippen LogP contribution in [-0.4, -0.2) is 36.9 Å². The van der Waals surface area contributed by atoms with Gasteiger partial charge in [-0.15, -0.1) is 0 Å². The lowest BCUT2D eigenvalue weighted by Crippen LogP contribution is -2.24. The van der Waals surface area contributed by atoms with Crippen molar-refractivity contribution < 1.29 is 27.4 Å². The maximum atomic E-state index is 13.0. The second-order valence-electron chi connectivity index (χ2n) is 11.0. The van der Waals surface area contributed by atoms with Crippen LogP contribution in [-0.2, 0) is 32.5 Å². The lowest BCUT2D eigenvalue weighted by Gasteiger charge is -2.21. The maximum Gasteiger partial charge on any atom is 0.306 e. The number of ether oxygens (including phenoxy) is 3. The van der Waals surface area contributed by atoms with E-state index in [1.807, 2.05) is 57.4 Å². The summed E-state index contributed by atoms with van der Waals surface area (Å²) in [5.41, 5.74) is 2.06. The molecule has 0 spiro atoms. The van der Waals surface area contributed by atoms with Gasteiger partial charge in [-0.3, -0.25) is 4.79 Å². The molecule has 1 aliphatic heterocycles. The molecule has 0 N–H and O–H groups in total. The van der Waals surface area contributed by atoms with E-state index in [2.05, 4.69) is 6.07 Å². The largest absolute Gasteiger partial charge is 0.490 e. The minimum absolute atomic E-state index is 0.0484. The third kappa shape index (κ3) is 5.97. The van der Waals surface area contributed by atoms with Crippen molar-refractivity contribution in [1.29, 1.82) is 5.26 Å². The SMILES string of the molecule is CC(C)Oc1ccc(COc2ccc3c(c2)c(S(C)(=O)=O)c2n3CCC2CC(=O)OC(C)(C)C)cc1C#N. The Bertz CT molecular complexity index is 1520. The van der Waals surface area contributed by atoms with Gasteiger partial charge in [0.25, 0.3) is 0 Å². The number of carbonyl (C=O) groups excluding carboxylic acids is 1. The summed E-state index contributed by atoms with van der Waals surface area (Å²) in [5, 5.41) is 10.1. The molecule has 2 heterocycles. The number of benzene rings is 2. The Labute approximate surface area is 224 Å². The van der Waals surface area contributed by atoms with Crippen molar-refractivity contribution in [1.82, 2.24) is 4.57 Å². The van der Waals surface area contributed by atoms with Gasteiger partial charge >= 0.3 is 5.97 Å². The summed E-state index contributed by atoms with van der Waals surface area (Å²) in [4.78, 5) is 12.8. The molecule has 1 aliphatic rings. The van der Waals surface area contributed by atoms with Gasteiger partial charge in [0.05, 0.1) is 23.0 Å². The van der Waals surface area contributed by atoms with Crippen LogP contribution in [0.4, 0.5) is 0 Å². The zero-order chi connectivity index (χ0) is 27.8. The first-order valence-corrected chi connectivity index (χ1v) is 14.6. The van der Waals surface area contributed by atoms with Crippen LogP contribution >= 0.6 is 0 Å². The van der Waals surface area contributed by atoms with Crippen LogP contribution in [0.1, 0.15) is 70.2 Å². The Balaban J connectivity index is 1.63. The molecule has 0 radical (unpaired) electrons. The highest BCUT2D eigenvalue weighted by atomic mass is 32.2. The summed E-state index contributed by atoms with van der Waals surface area (Å²) in [6, 6.07) is 12.9. The summed E-state index contributed by atoms with van der Waals surface area (Å²) in [6.07, 6.45) is 1.94. The first-order valence-electron chi connectivity index (χ1n) is 12.7. The standard InChI is InChI=1S/C29H34N2O6S/c1-18(2)36-25-10-7-19(13-21(25)16-30)17-35-22-8-9-24-23(15-22)28(38(6,33)34)27-20(11-12-31(24)27)14-26(32)37-29(3,4)5/h7-10,13,15,18,20H,11-12,14,17H2,1-6H3. The lowest BCUT2D eigenvalue weighted by atomic mass is 10.00. The number of carbonyl (C=O) groups is 1. The molecule has 0 amide bonds. The molecule has 8 nitrogen and oxygen atoms in total. The number of aryl methyl sites for hydroxylation is 1. The van der Waals surface area contributed by atoms with Gasteiger partial charge in [0.2, 0.25) is 0 Å². The Morgan fingerprint density at radius 2 is 1.92 bits per heavy atom. The summed E-state index contributed by atoms with van der Waals surface area (Å²) in [5.74, 6) is 0.444. The molecule has 1 aromatic heterocycles. The molecule has 9 heteroatoms. The molecule has 4 rings (SSSR count). The average molecular weight is 539 g/mol. The molecule has 0 saturated carbocycles. The Morgan fingerprint density at radius 3 is 2.55 bits per heavy atom. The van der Waals surface area contributed by atoms with Crippen molar-refractivity contribution in [3.05, 3.63) is 53.2 Å². The molecule has 202 valence electrons. The Kier molecular flexibility index (Phi) is 7.48. The van der Waals surface area contributed by atoms with Gasteiger partial charge in [0.15, 0.2) is 9.84 Å². The fraction of sp³-hybridized carbons (Fsp3) is 0.448. The minimum atomic E-state index is -3.60. The van der Waals surface area contributed by atoms with E-state index in [4.69, 9.17) is 14.2 Å². The Morgan fingerprint density at radius 1 is 1.18 bits per heavy atom. The molecule has 1 atom stereocenters. The van der Waals surface area contributed by atoms with E-state index in [9.17, 15) is 18.5 Å². The quantitative estimate of drug-likeness (QED) is 0.348. The summed E-state index contributed by atoms with van der Waals surface area (Å²) in [7, 11) is -3.60. The number of fused-ring (bicyclic) bond motifs is 3. The van der Waals surface area contributed by atoms with Crippen LogP contribution in [0.5, 0.6) is 11.5 Å². The lowest BCUT2D eigenvalue weighted by molar-refractivity contribution is -0.155. The first-order chi connectivity index (χ1) is 17.8. The number of rotatable bonds is 8. The fourth-order valence-electron chi connectivity index (χ4n) is 4.93. The van der Waals surface area contributed by atoms with Crippen LogP contribution < -0.4 is 9.47 Å². The van der Waals surface area contributed by atoms with Crippen LogP contribution in [0.25, 0.3) is 10.9 Å². The summed E-state index contributed by atoms with van der Waals surface area (Å²) >= 11 is 0. The molecule has 0 bridgehead atoms. The van der Waals surface area contributed by atoms with Gasteiger partial charge in [0, 0.05) is 35.3 Å². The van der Waals surface area contributed by atoms with Crippen molar-refractivity contribution in [3.8, 4) is 17.6 Å². The minimum Gasteiger partial charge on any atom is -0.490 e. The van der Waals surface area contributed by atoms with E-state index in [0.29, 0.717) is 41.1 Å². The van der Waals surface area contributed by atoms with Gasteiger partial charge < -0.3 is 18.8 Å². The topological polar surface area (TPSA) is 108 Å². The highest BCUT2D eigenvalue weighted by molar-refractivity contribution is 7.91. The van der Waals surface area contributed by atoms with E-state index >= 15 is 0 Å². The number of hydrogen-bond donors (Lipinski definition) is 0. The molecule has 0 saturated heterocycles. The van der Waals surface area contributed by atoms with E-state index in [-0.39, 0.29) is 35.9 Å². The number of hydrogen-bond acceptors (Lipinski definition) is 7. The molecule has 2 aromatic carbocycles. The monoisotopic (exact) mass is 538 g/mol. The smallest absolute Gasteiger partial charge is 0.306 e. The highest BCUT2D eigenvalue weighted by Gasteiger charge is 2.35. The summed E-state index contributed by atoms with van der Waals surface area (Å²) in [6.45, 7) is 10.1. The second-order valence-corrected chi connectivity index (χ2v) is 12.9. The van der Waals surface area contributed by atoms with Crippen molar-refractivity contribution in [2.75, 3.05) is 6.26 Å². The average Bonchev–Trinajstić information content (AvgIpc) is 3.34. The normalized spacial score (nSPS) is 15.4. The predicted molar refractivity (Wildman–Crippen MR) is 144 cm³/mol. The van der Waals surface area contributed by atoms with Crippen molar-refractivity contribution in [2.24, 2.45) is 0 Å². The molecule has 1 unspecified atom stereocenters. The maximum absolute atomic E-state index is 13.0. The van der Waals surface area contributed by atoms with Gasteiger partial charge in [-0.1, -0.05) is 6.07 Å². The van der Waals surface area contributed by atoms with E-state index in [1.54, 1.807) is 18.2 Å². The van der Waals surface area contributed by atoms with E-state index in [1.165, 1.54) is 6.26 Å². The number of aromatic nitrogens is 1. The molecular weight excluding hydrogens is 504 g/mol. The first kappa shape index (κ1) is 27.5. The van der Waals surface area contributed by atoms with Crippen LogP contribution in [0.3, 0.4) is 0 Å². The number of nitrogens with zero attached hydrogens (tertiary/aromatic N) is 2. The second kappa shape index (κ2) is 10.3. The van der Waals surface area contributed by atoms with E-state index < -0.39 is 15.4 Å². The molecule has 38 heavy (non-hydrogen) atoms. The van der Waals surface area contributed by atoms with Crippen molar-refractivity contribution in [3.63, 3.8) is 0 Å². The van der Waals surface area contributed by atoms with Crippen molar-refractivity contribution in [2.45, 2.75) is 83.1 Å². The van der Waals surface area contributed by atoms with Crippen LogP contribution in [0.2, 0.25) is 0 Å². The zero-order valence-electron chi connectivity index (χ0n) is 22.7. The molecular formula is C29H34N2O6S. The molecule has 0 aliphatic carbocycles. The number of nitriles is 1. The zero-order valence-corrected chi connectivity index (χ0v) is 23.5. The molecule has 0 fully saturated rings. The van der Waals surface area contributed by atoms with Crippen LogP contribution in [0.15, 0.2) is 41.3 Å². The summed E-state index contributed by atoms with van der Waals surface area (Å²) < 4.78 is 45.2. The van der Waals surface area contributed by atoms with Gasteiger partial charge in [0.1, 0.15) is 29.8 Å².